The molecule has 92 valence electrons. The van der Waals surface area contributed by atoms with E-state index in [1.165, 1.54) is 15.6 Å². The van der Waals surface area contributed by atoms with Gasteiger partial charge >= 0.3 is 0 Å². The smallest absolute Gasteiger partial charge is 0.0210 e. The van der Waals surface area contributed by atoms with Gasteiger partial charge in [0, 0.05) is 37.2 Å². The highest BCUT2D eigenvalue weighted by molar-refractivity contribution is 9.10. The average Bonchev–Trinajstić information content (AvgIpc) is 2.33. The molecule has 0 bridgehead atoms. The van der Waals surface area contributed by atoms with Gasteiger partial charge < -0.3 is 5.32 Å². The fourth-order valence-corrected chi connectivity index (χ4v) is 2.58. The molecular weight excluding hydrogens is 276 g/mol. The standard InChI is InChI=1S/C14H19BrN2/c1-12(11-17-8-6-16-7-9-17)10-13-4-2-3-5-14(13)15/h2-5,16H,1,6-11H2. The van der Waals surface area contributed by atoms with Crippen LogP contribution in [0.1, 0.15) is 5.56 Å². The molecule has 0 aromatic heterocycles. The fraction of sp³-hybridized carbons (Fsp3) is 0.429. The monoisotopic (exact) mass is 294 g/mol. The predicted molar refractivity (Wildman–Crippen MR) is 76.3 cm³/mol. The molecule has 17 heavy (non-hydrogen) atoms. The van der Waals surface area contributed by atoms with Gasteiger partial charge in [0.2, 0.25) is 0 Å². The van der Waals surface area contributed by atoms with Crippen LogP contribution in [0.2, 0.25) is 0 Å². The zero-order valence-electron chi connectivity index (χ0n) is 10.1. The lowest BCUT2D eigenvalue weighted by Gasteiger charge is -2.28. The van der Waals surface area contributed by atoms with E-state index in [0.717, 1.165) is 39.1 Å². The molecule has 2 nitrogen and oxygen atoms in total. The third-order valence-electron chi connectivity index (χ3n) is 3.06. The van der Waals surface area contributed by atoms with Crippen molar-refractivity contribution in [2.24, 2.45) is 0 Å². The van der Waals surface area contributed by atoms with Crippen LogP contribution >= 0.6 is 15.9 Å². The SMILES string of the molecule is C=C(Cc1ccccc1Br)CN1CCNCC1. The van der Waals surface area contributed by atoms with Gasteiger partial charge in [0.25, 0.3) is 0 Å². The Morgan fingerprint density at radius 3 is 2.71 bits per heavy atom. The summed E-state index contributed by atoms with van der Waals surface area (Å²) < 4.78 is 1.18. The highest BCUT2D eigenvalue weighted by Gasteiger charge is 2.11. The summed E-state index contributed by atoms with van der Waals surface area (Å²) in [6.45, 7) is 9.69. The number of nitrogens with zero attached hydrogens (tertiary/aromatic N) is 1. The Kier molecular flexibility index (Phi) is 4.77. The molecule has 1 aliphatic heterocycles. The lowest BCUT2D eigenvalue weighted by Crippen LogP contribution is -2.44. The molecule has 0 saturated carbocycles. The number of hydrogen-bond acceptors (Lipinski definition) is 2. The molecule has 1 aromatic carbocycles. The van der Waals surface area contributed by atoms with Crippen LogP contribution in [0.4, 0.5) is 0 Å². The first-order valence-corrected chi connectivity index (χ1v) is 6.88. The molecule has 1 heterocycles. The Hall–Kier alpha value is -0.640. The maximum atomic E-state index is 4.20. The second kappa shape index (κ2) is 6.34. The molecule has 0 aliphatic carbocycles. The van der Waals surface area contributed by atoms with E-state index in [1.54, 1.807) is 0 Å². The van der Waals surface area contributed by atoms with E-state index in [-0.39, 0.29) is 0 Å². The van der Waals surface area contributed by atoms with Crippen LogP contribution in [0.25, 0.3) is 0 Å². The van der Waals surface area contributed by atoms with Gasteiger partial charge in [-0.2, -0.15) is 0 Å². The Balaban J connectivity index is 1.86. The van der Waals surface area contributed by atoms with Crippen molar-refractivity contribution in [3.8, 4) is 0 Å². The Morgan fingerprint density at radius 2 is 2.00 bits per heavy atom. The molecule has 1 aromatic rings. The van der Waals surface area contributed by atoms with Gasteiger partial charge in [-0.1, -0.05) is 46.3 Å². The highest BCUT2D eigenvalue weighted by atomic mass is 79.9. The summed E-state index contributed by atoms with van der Waals surface area (Å²) in [6, 6.07) is 8.38. The van der Waals surface area contributed by atoms with Crippen LogP contribution in [-0.2, 0) is 6.42 Å². The van der Waals surface area contributed by atoms with Gasteiger partial charge in [-0.15, -0.1) is 0 Å². The summed E-state index contributed by atoms with van der Waals surface area (Å²) in [7, 11) is 0. The Labute approximate surface area is 112 Å². The molecule has 1 saturated heterocycles. The van der Waals surface area contributed by atoms with E-state index in [1.807, 2.05) is 6.07 Å². The molecule has 0 atom stereocenters. The third-order valence-corrected chi connectivity index (χ3v) is 3.83. The van der Waals surface area contributed by atoms with Crippen molar-refractivity contribution >= 4 is 15.9 Å². The summed E-state index contributed by atoms with van der Waals surface area (Å²) in [5.74, 6) is 0. The second-order valence-electron chi connectivity index (χ2n) is 4.54. The Morgan fingerprint density at radius 1 is 1.29 bits per heavy atom. The quantitative estimate of drug-likeness (QED) is 0.858. The van der Waals surface area contributed by atoms with Crippen LogP contribution in [0, 0.1) is 0 Å². The van der Waals surface area contributed by atoms with E-state index in [4.69, 9.17) is 0 Å². The van der Waals surface area contributed by atoms with E-state index in [0.29, 0.717) is 0 Å². The first-order valence-electron chi connectivity index (χ1n) is 6.09. The van der Waals surface area contributed by atoms with Gasteiger partial charge in [-0.05, 0) is 18.1 Å². The molecule has 1 aliphatic rings. The Bertz CT molecular complexity index is 384. The molecule has 0 spiro atoms. The lowest BCUT2D eigenvalue weighted by atomic mass is 10.1. The van der Waals surface area contributed by atoms with Crippen LogP contribution in [0.3, 0.4) is 0 Å². The molecule has 0 radical (unpaired) electrons. The zero-order valence-corrected chi connectivity index (χ0v) is 11.7. The van der Waals surface area contributed by atoms with Crippen molar-refractivity contribution in [2.75, 3.05) is 32.7 Å². The summed E-state index contributed by atoms with van der Waals surface area (Å²) >= 11 is 3.59. The van der Waals surface area contributed by atoms with Crippen molar-refractivity contribution in [3.63, 3.8) is 0 Å². The minimum absolute atomic E-state index is 0.964. The van der Waals surface area contributed by atoms with Gasteiger partial charge in [0.1, 0.15) is 0 Å². The van der Waals surface area contributed by atoms with Crippen LogP contribution < -0.4 is 5.32 Å². The van der Waals surface area contributed by atoms with Gasteiger partial charge in [-0.25, -0.2) is 0 Å². The largest absolute Gasteiger partial charge is 0.314 e. The first kappa shape index (κ1) is 12.8. The first-order chi connectivity index (χ1) is 8.25. The second-order valence-corrected chi connectivity index (χ2v) is 5.40. The van der Waals surface area contributed by atoms with Crippen molar-refractivity contribution in [2.45, 2.75) is 6.42 Å². The molecule has 2 rings (SSSR count). The maximum Gasteiger partial charge on any atom is 0.0210 e. The molecule has 3 heteroatoms. The number of piperazine rings is 1. The van der Waals surface area contributed by atoms with Crippen molar-refractivity contribution in [1.82, 2.24) is 10.2 Å². The van der Waals surface area contributed by atoms with Gasteiger partial charge in [0.05, 0.1) is 0 Å². The minimum atomic E-state index is 0.964. The van der Waals surface area contributed by atoms with E-state index in [2.05, 4.69) is 50.9 Å². The summed E-state index contributed by atoms with van der Waals surface area (Å²) in [5.41, 5.74) is 2.62. The minimum Gasteiger partial charge on any atom is -0.314 e. The van der Waals surface area contributed by atoms with Gasteiger partial charge in [0.15, 0.2) is 0 Å². The molecule has 0 unspecified atom stereocenters. The number of nitrogens with one attached hydrogen (secondary N) is 1. The predicted octanol–water partition coefficient (Wildman–Crippen LogP) is 2.45. The van der Waals surface area contributed by atoms with Crippen molar-refractivity contribution < 1.29 is 0 Å². The maximum absolute atomic E-state index is 4.20. The summed E-state index contributed by atoms with van der Waals surface area (Å²) in [5, 5.41) is 3.37. The summed E-state index contributed by atoms with van der Waals surface area (Å²) in [4.78, 5) is 2.47. The van der Waals surface area contributed by atoms with Crippen molar-refractivity contribution in [3.05, 3.63) is 46.5 Å². The third kappa shape index (κ3) is 3.95. The number of halogens is 1. The lowest BCUT2D eigenvalue weighted by molar-refractivity contribution is 0.258. The highest BCUT2D eigenvalue weighted by Crippen LogP contribution is 2.19. The van der Waals surface area contributed by atoms with Gasteiger partial charge in [-0.3, -0.25) is 4.90 Å². The fourth-order valence-electron chi connectivity index (χ4n) is 2.15. The number of rotatable bonds is 4. The summed E-state index contributed by atoms with van der Waals surface area (Å²) in [6.07, 6.45) is 0.964. The van der Waals surface area contributed by atoms with E-state index < -0.39 is 0 Å². The zero-order chi connectivity index (χ0) is 12.1. The number of benzene rings is 1. The topological polar surface area (TPSA) is 15.3 Å². The van der Waals surface area contributed by atoms with E-state index >= 15 is 0 Å². The van der Waals surface area contributed by atoms with Crippen molar-refractivity contribution in [1.29, 1.82) is 0 Å². The molecule has 0 amide bonds. The molecular formula is C14H19BrN2. The number of hydrogen-bond donors (Lipinski definition) is 1. The van der Waals surface area contributed by atoms with Crippen LogP contribution in [0.15, 0.2) is 40.9 Å². The normalized spacial score (nSPS) is 17.0. The van der Waals surface area contributed by atoms with Crippen LogP contribution in [-0.4, -0.2) is 37.6 Å². The molecule has 1 N–H and O–H groups in total. The molecule has 1 fully saturated rings. The van der Waals surface area contributed by atoms with Crippen LogP contribution in [0.5, 0.6) is 0 Å². The average molecular weight is 295 g/mol. The van der Waals surface area contributed by atoms with E-state index in [9.17, 15) is 0 Å².